The molecule has 3 rings (SSSR count). The molecule has 2 aromatic rings. The van der Waals surface area contributed by atoms with Gasteiger partial charge in [0.05, 0.1) is 16.7 Å². The van der Waals surface area contributed by atoms with Crippen molar-refractivity contribution in [2.75, 3.05) is 5.75 Å². The molecule has 0 aliphatic carbocycles. The third kappa shape index (κ3) is 2.99. The summed E-state index contributed by atoms with van der Waals surface area (Å²) in [7, 11) is -7.04. The van der Waals surface area contributed by atoms with E-state index < -0.39 is 25.9 Å². The molecule has 0 amide bonds. The number of nitrogens with one attached hydrogen (secondary N) is 1. The van der Waals surface area contributed by atoms with Crippen LogP contribution in [0, 0.1) is 0 Å². The van der Waals surface area contributed by atoms with Gasteiger partial charge in [0.2, 0.25) is 10.0 Å². The normalized spacial score (nSPS) is 20.9. The summed E-state index contributed by atoms with van der Waals surface area (Å²) in [6.45, 7) is 0. The van der Waals surface area contributed by atoms with Gasteiger partial charge in [0.25, 0.3) is 0 Å². The Morgan fingerprint density at radius 1 is 1.05 bits per heavy atom. The zero-order valence-corrected chi connectivity index (χ0v) is 12.6. The Morgan fingerprint density at radius 3 is 2.43 bits per heavy atom. The van der Waals surface area contributed by atoms with E-state index in [-0.39, 0.29) is 10.6 Å². The van der Waals surface area contributed by atoms with Crippen LogP contribution in [-0.2, 0) is 19.9 Å². The molecule has 1 N–H and O–H groups in total. The van der Waals surface area contributed by atoms with Crippen LogP contribution in [0.25, 0.3) is 10.8 Å². The zero-order chi connectivity index (χ0) is 15.1. The standard InChI is InChI=1S/C14H13NO4S2/c16-20(17)8-7-13(10-20)15-21(18,19)14-6-5-11-3-1-2-4-12(11)9-14/h1-9,13,15H,10H2. The molecule has 0 fully saturated rings. The van der Waals surface area contributed by atoms with Gasteiger partial charge in [-0.3, -0.25) is 0 Å². The van der Waals surface area contributed by atoms with Crippen LogP contribution in [0.3, 0.4) is 0 Å². The van der Waals surface area contributed by atoms with Crippen LogP contribution in [0.2, 0.25) is 0 Å². The van der Waals surface area contributed by atoms with Gasteiger partial charge in [-0.2, -0.15) is 0 Å². The summed E-state index contributed by atoms with van der Waals surface area (Å²) in [5.41, 5.74) is 0. The Kier molecular flexibility index (Phi) is 3.35. The molecule has 2 aromatic carbocycles. The molecule has 0 aromatic heterocycles. The highest BCUT2D eigenvalue weighted by Crippen LogP contribution is 2.20. The topological polar surface area (TPSA) is 80.3 Å². The largest absolute Gasteiger partial charge is 0.241 e. The minimum Gasteiger partial charge on any atom is -0.224 e. The summed E-state index contributed by atoms with van der Waals surface area (Å²) in [5, 5.41) is 2.80. The average Bonchev–Trinajstić information content (AvgIpc) is 2.76. The number of benzene rings is 2. The first kappa shape index (κ1) is 14.2. The van der Waals surface area contributed by atoms with Gasteiger partial charge < -0.3 is 0 Å². The van der Waals surface area contributed by atoms with Crippen LogP contribution >= 0.6 is 0 Å². The van der Waals surface area contributed by atoms with Gasteiger partial charge in [-0.05, 0) is 22.9 Å². The number of hydrogen-bond donors (Lipinski definition) is 1. The molecular formula is C14H13NO4S2. The Morgan fingerprint density at radius 2 is 1.76 bits per heavy atom. The van der Waals surface area contributed by atoms with Gasteiger partial charge in [-0.1, -0.05) is 36.4 Å². The highest BCUT2D eigenvalue weighted by molar-refractivity contribution is 7.94. The van der Waals surface area contributed by atoms with Crippen molar-refractivity contribution >= 4 is 30.6 Å². The first-order valence-corrected chi connectivity index (χ1v) is 9.48. The van der Waals surface area contributed by atoms with Crippen molar-refractivity contribution in [3.63, 3.8) is 0 Å². The molecule has 0 radical (unpaired) electrons. The monoisotopic (exact) mass is 323 g/mol. The zero-order valence-electron chi connectivity index (χ0n) is 10.9. The highest BCUT2D eigenvalue weighted by atomic mass is 32.2. The Hall–Kier alpha value is -1.70. The van der Waals surface area contributed by atoms with E-state index in [0.717, 1.165) is 16.2 Å². The molecule has 5 nitrogen and oxygen atoms in total. The summed E-state index contributed by atoms with van der Waals surface area (Å²) < 4.78 is 49.6. The molecule has 7 heteroatoms. The lowest BCUT2D eigenvalue weighted by atomic mass is 10.1. The molecule has 1 atom stereocenters. The van der Waals surface area contributed by atoms with E-state index in [1.165, 1.54) is 12.1 Å². The van der Waals surface area contributed by atoms with Gasteiger partial charge in [-0.25, -0.2) is 21.6 Å². The Bertz CT molecular complexity index is 930. The molecule has 0 saturated carbocycles. The Labute approximate surface area is 123 Å². The molecule has 0 spiro atoms. The first-order chi connectivity index (χ1) is 9.86. The van der Waals surface area contributed by atoms with Crippen molar-refractivity contribution in [1.82, 2.24) is 4.72 Å². The predicted octanol–water partition coefficient (Wildman–Crippen LogP) is 1.43. The second-order valence-electron chi connectivity index (χ2n) is 4.89. The van der Waals surface area contributed by atoms with E-state index in [2.05, 4.69) is 4.72 Å². The number of rotatable bonds is 3. The third-order valence-electron chi connectivity index (χ3n) is 3.27. The van der Waals surface area contributed by atoms with Crippen LogP contribution in [0.15, 0.2) is 58.8 Å². The lowest BCUT2D eigenvalue weighted by Crippen LogP contribution is -2.35. The fraction of sp³-hybridized carbons (Fsp3) is 0.143. The summed E-state index contributed by atoms with van der Waals surface area (Å²) in [6.07, 6.45) is 1.36. The maximum atomic E-state index is 12.3. The van der Waals surface area contributed by atoms with E-state index in [4.69, 9.17) is 0 Å². The molecule has 21 heavy (non-hydrogen) atoms. The van der Waals surface area contributed by atoms with Crippen LogP contribution < -0.4 is 4.72 Å². The van der Waals surface area contributed by atoms with Gasteiger partial charge in [0.15, 0.2) is 9.84 Å². The minimum atomic E-state index is -3.75. The summed E-state index contributed by atoms with van der Waals surface area (Å²) in [4.78, 5) is 0.124. The number of fused-ring (bicyclic) bond motifs is 1. The molecule has 1 aliphatic heterocycles. The summed E-state index contributed by atoms with van der Waals surface area (Å²) in [6, 6.07) is 11.5. The smallest absolute Gasteiger partial charge is 0.224 e. The first-order valence-electron chi connectivity index (χ1n) is 6.28. The molecule has 0 bridgehead atoms. The van der Waals surface area contributed by atoms with Gasteiger partial charge in [0.1, 0.15) is 0 Å². The fourth-order valence-electron chi connectivity index (χ4n) is 2.25. The van der Waals surface area contributed by atoms with Crippen molar-refractivity contribution < 1.29 is 16.8 Å². The maximum absolute atomic E-state index is 12.3. The second kappa shape index (κ2) is 4.94. The summed E-state index contributed by atoms with van der Waals surface area (Å²) in [5.74, 6) is -0.236. The number of sulfonamides is 1. The average molecular weight is 323 g/mol. The van der Waals surface area contributed by atoms with Crippen molar-refractivity contribution in [3.05, 3.63) is 53.9 Å². The van der Waals surface area contributed by atoms with Crippen LogP contribution in [0.5, 0.6) is 0 Å². The third-order valence-corrected chi connectivity index (χ3v) is 6.15. The SMILES string of the molecule is O=S1(=O)C=CC(NS(=O)(=O)c2ccc3ccccc3c2)C1. The highest BCUT2D eigenvalue weighted by Gasteiger charge is 2.26. The summed E-state index contributed by atoms with van der Waals surface area (Å²) >= 11 is 0. The van der Waals surface area contributed by atoms with Gasteiger partial charge in [-0.15, -0.1) is 0 Å². The molecule has 1 unspecified atom stereocenters. The molecule has 110 valence electrons. The van der Waals surface area contributed by atoms with Crippen LogP contribution in [0.4, 0.5) is 0 Å². The van der Waals surface area contributed by atoms with E-state index in [1.54, 1.807) is 12.1 Å². The van der Waals surface area contributed by atoms with Gasteiger partial charge >= 0.3 is 0 Å². The Balaban J connectivity index is 1.92. The van der Waals surface area contributed by atoms with E-state index >= 15 is 0 Å². The van der Waals surface area contributed by atoms with Crippen LogP contribution in [0.1, 0.15) is 0 Å². The minimum absolute atomic E-state index is 0.124. The van der Waals surface area contributed by atoms with Crippen molar-refractivity contribution in [2.45, 2.75) is 10.9 Å². The molecule has 1 aliphatic rings. The van der Waals surface area contributed by atoms with Crippen molar-refractivity contribution in [2.24, 2.45) is 0 Å². The molecular weight excluding hydrogens is 310 g/mol. The van der Waals surface area contributed by atoms with Crippen LogP contribution in [-0.4, -0.2) is 28.6 Å². The quantitative estimate of drug-likeness (QED) is 0.926. The molecule has 0 saturated heterocycles. The fourth-order valence-corrected chi connectivity index (χ4v) is 4.82. The lowest BCUT2D eigenvalue weighted by Gasteiger charge is -2.11. The predicted molar refractivity (Wildman–Crippen MR) is 81.0 cm³/mol. The molecule has 1 heterocycles. The van der Waals surface area contributed by atoms with Crippen molar-refractivity contribution in [3.8, 4) is 0 Å². The van der Waals surface area contributed by atoms with Crippen molar-refractivity contribution in [1.29, 1.82) is 0 Å². The van der Waals surface area contributed by atoms with Gasteiger partial charge in [0, 0.05) is 5.41 Å². The number of hydrogen-bond acceptors (Lipinski definition) is 4. The van der Waals surface area contributed by atoms with E-state index in [1.807, 2.05) is 24.3 Å². The second-order valence-corrected chi connectivity index (χ2v) is 8.54. The maximum Gasteiger partial charge on any atom is 0.241 e. The van der Waals surface area contributed by atoms with E-state index in [9.17, 15) is 16.8 Å². The number of sulfone groups is 1. The lowest BCUT2D eigenvalue weighted by molar-refractivity contribution is 0.575. The van der Waals surface area contributed by atoms with E-state index in [0.29, 0.717) is 0 Å².